The first-order valence-electron chi connectivity index (χ1n) is 20.9. The summed E-state index contributed by atoms with van der Waals surface area (Å²) in [4.78, 5) is 37.4. The molecule has 1 unspecified atom stereocenters. The summed E-state index contributed by atoms with van der Waals surface area (Å²) in [5.41, 5.74) is 0. The number of hydrogen-bond donors (Lipinski definition) is 0. The fourth-order valence-corrected chi connectivity index (χ4v) is 6.06. The van der Waals surface area contributed by atoms with Gasteiger partial charge in [-0.15, -0.1) is 0 Å². The summed E-state index contributed by atoms with van der Waals surface area (Å²) in [5, 5.41) is 0. The van der Waals surface area contributed by atoms with Crippen molar-refractivity contribution in [2.75, 3.05) is 13.2 Å². The first-order chi connectivity index (χ1) is 23.4. The summed E-state index contributed by atoms with van der Waals surface area (Å²) in [6, 6.07) is 0. The van der Waals surface area contributed by atoms with E-state index in [2.05, 4.69) is 27.7 Å². The molecule has 0 rings (SSSR count). The van der Waals surface area contributed by atoms with Crippen molar-refractivity contribution in [3.8, 4) is 0 Å². The van der Waals surface area contributed by atoms with Gasteiger partial charge in [0.15, 0.2) is 6.10 Å². The van der Waals surface area contributed by atoms with Gasteiger partial charge in [0.1, 0.15) is 13.2 Å². The Morgan fingerprint density at radius 1 is 0.417 bits per heavy atom. The Kier molecular flexibility index (Phi) is 35.5. The Labute approximate surface area is 298 Å². The molecule has 6 nitrogen and oxygen atoms in total. The zero-order chi connectivity index (χ0) is 35.3. The molecule has 0 heterocycles. The Bertz CT molecular complexity index is 723. The highest BCUT2D eigenvalue weighted by atomic mass is 16.6. The van der Waals surface area contributed by atoms with E-state index in [1.807, 2.05) is 0 Å². The zero-order valence-electron chi connectivity index (χ0n) is 32.4. The van der Waals surface area contributed by atoms with Gasteiger partial charge in [-0.2, -0.15) is 0 Å². The van der Waals surface area contributed by atoms with Crippen LogP contribution in [0.4, 0.5) is 0 Å². The van der Waals surface area contributed by atoms with Crippen molar-refractivity contribution >= 4 is 17.9 Å². The molecule has 0 bridgehead atoms. The summed E-state index contributed by atoms with van der Waals surface area (Å²) in [6.07, 6.45) is 33.7. The molecule has 48 heavy (non-hydrogen) atoms. The Morgan fingerprint density at radius 2 is 0.729 bits per heavy atom. The third-order valence-electron chi connectivity index (χ3n) is 9.65. The molecule has 0 spiro atoms. The van der Waals surface area contributed by atoms with Crippen LogP contribution in [0.1, 0.15) is 227 Å². The van der Waals surface area contributed by atoms with E-state index in [1.54, 1.807) is 0 Å². The quantitative estimate of drug-likeness (QED) is 0.0369. The third kappa shape index (κ3) is 34.3. The molecule has 0 aliphatic heterocycles. The topological polar surface area (TPSA) is 78.9 Å². The fraction of sp³-hybridized carbons (Fsp3) is 0.929. The van der Waals surface area contributed by atoms with E-state index < -0.39 is 6.10 Å². The maximum absolute atomic E-state index is 12.6. The van der Waals surface area contributed by atoms with E-state index in [0.717, 1.165) is 63.7 Å². The van der Waals surface area contributed by atoms with Crippen molar-refractivity contribution in [1.82, 2.24) is 0 Å². The molecule has 0 aromatic heterocycles. The molecule has 0 saturated heterocycles. The number of rotatable bonds is 37. The summed E-state index contributed by atoms with van der Waals surface area (Å²) in [6.45, 7) is 8.93. The minimum Gasteiger partial charge on any atom is -0.462 e. The monoisotopic (exact) mass is 681 g/mol. The second-order valence-electron chi connectivity index (χ2n) is 14.5. The van der Waals surface area contributed by atoms with Gasteiger partial charge in [0.2, 0.25) is 0 Å². The van der Waals surface area contributed by atoms with Gasteiger partial charge in [0.25, 0.3) is 0 Å². The minimum atomic E-state index is -0.757. The summed E-state index contributed by atoms with van der Waals surface area (Å²) >= 11 is 0. The zero-order valence-corrected chi connectivity index (χ0v) is 32.4. The molecule has 2 atom stereocenters. The highest BCUT2D eigenvalue weighted by molar-refractivity contribution is 5.71. The van der Waals surface area contributed by atoms with E-state index in [0.29, 0.717) is 19.3 Å². The molecule has 0 saturated carbocycles. The van der Waals surface area contributed by atoms with Gasteiger partial charge in [-0.25, -0.2) is 0 Å². The molecule has 284 valence electrons. The van der Waals surface area contributed by atoms with E-state index in [9.17, 15) is 14.4 Å². The van der Waals surface area contributed by atoms with Crippen molar-refractivity contribution in [3.05, 3.63) is 0 Å². The number of carbonyl (C=O) groups excluding carboxylic acids is 3. The van der Waals surface area contributed by atoms with Crippen LogP contribution in [0.5, 0.6) is 0 Å². The van der Waals surface area contributed by atoms with E-state index >= 15 is 0 Å². The highest BCUT2D eigenvalue weighted by Crippen LogP contribution is 2.16. The van der Waals surface area contributed by atoms with Gasteiger partial charge in [0.05, 0.1) is 0 Å². The first kappa shape index (κ1) is 46.4. The average Bonchev–Trinajstić information content (AvgIpc) is 3.08. The lowest BCUT2D eigenvalue weighted by molar-refractivity contribution is -0.167. The number of esters is 3. The standard InChI is InChI=1S/C42H80O6/c1-5-8-10-12-14-15-16-17-23-27-31-35-42(45)48-39(36-46-40(43)33-29-25-20-13-11-9-6-2)37-47-41(44)34-30-26-22-19-18-21-24-28-32-38(4)7-3/h38-39H,5-37H2,1-4H3/t38?,39-/m0/s1. The van der Waals surface area contributed by atoms with Gasteiger partial charge in [0, 0.05) is 19.3 Å². The molecule has 0 aromatic rings. The van der Waals surface area contributed by atoms with Gasteiger partial charge in [-0.05, 0) is 25.2 Å². The van der Waals surface area contributed by atoms with Crippen LogP contribution in [0.15, 0.2) is 0 Å². The number of hydrogen-bond acceptors (Lipinski definition) is 6. The molecule has 0 fully saturated rings. The van der Waals surface area contributed by atoms with Crippen LogP contribution in [0.2, 0.25) is 0 Å². The Hall–Kier alpha value is -1.59. The molecule has 6 heteroatoms. The van der Waals surface area contributed by atoms with Crippen LogP contribution in [-0.2, 0) is 28.6 Å². The molecule has 0 aromatic carbocycles. The fourth-order valence-electron chi connectivity index (χ4n) is 6.06. The van der Waals surface area contributed by atoms with Crippen LogP contribution in [0.25, 0.3) is 0 Å². The highest BCUT2D eigenvalue weighted by Gasteiger charge is 2.19. The number of ether oxygens (including phenoxy) is 3. The molecule has 0 radical (unpaired) electrons. The second kappa shape index (κ2) is 36.7. The molecule has 0 aliphatic carbocycles. The molecule has 0 amide bonds. The predicted octanol–water partition coefficient (Wildman–Crippen LogP) is 12.8. The molecule has 0 aliphatic rings. The van der Waals surface area contributed by atoms with E-state index in [1.165, 1.54) is 122 Å². The van der Waals surface area contributed by atoms with Crippen LogP contribution >= 0.6 is 0 Å². The largest absolute Gasteiger partial charge is 0.462 e. The van der Waals surface area contributed by atoms with Gasteiger partial charge in [-0.1, -0.05) is 188 Å². The maximum Gasteiger partial charge on any atom is 0.306 e. The van der Waals surface area contributed by atoms with Gasteiger partial charge >= 0.3 is 17.9 Å². The minimum absolute atomic E-state index is 0.0653. The summed E-state index contributed by atoms with van der Waals surface area (Å²) in [7, 11) is 0. The van der Waals surface area contributed by atoms with Crippen molar-refractivity contribution in [2.45, 2.75) is 233 Å². The smallest absolute Gasteiger partial charge is 0.306 e. The third-order valence-corrected chi connectivity index (χ3v) is 9.65. The van der Waals surface area contributed by atoms with Gasteiger partial charge in [-0.3, -0.25) is 14.4 Å². The number of carbonyl (C=O) groups is 3. The van der Waals surface area contributed by atoms with Crippen LogP contribution in [-0.4, -0.2) is 37.2 Å². The van der Waals surface area contributed by atoms with Crippen molar-refractivity contribution < 1.29 is 28.6 Å². The van der Waals surface area contributed by atoms with Crippen LogP contribution in [0.3, 0.4) is 0 Å². The van der Waals surface area contributed by atoms with Crippen LogP contribution in [0, 0.1) is 5.92 Å². The molecular weight excluding hydrogens is 600 g/mol. The second-order valence-corrected chi connectivity index (χ2v) is 14.5. The predicted molar refractivity (Wildman–Crippen MR) is 201 cm³/mol. The lowest BCUT2D eigenvalue weighted by Crippen LogP contribution is -2.30. The number of unbranched alkanes of at least 4 members (excludes halogenated alkanes) is 23. The lowest BCUT2D eigenvalue weighted by atomic mass is 9.99. The normalized spacial score (nSPS) is 12.5. The van der Waals surface area contributed by atoms with E-state index in [4.69, 9.17) is 14.2 Å². The average molecular weight is 681 g/mol. The SMILES string of the molecule is CCCCCCCCCCCCCC(=O)O[C@@H](COC(=O)CCCCCCCCC)COC(=O)CCCCCCCCCCC(C)CC. The van der Waals surface area contributed by atoms with Crippen LogP contribution < -0.4 is 0 Å². The van der Waals surface area contributed by atoms with Crippen molar-refractivity contribution in [3.63, 3.8) is 0 Å². The van der Waals surface area contributed by atoms with E-state index in [-0.39, 0.29) is 31.1 Å². The Morgan fingerprint density at radius 3 is 1.08 bits per heavy atom. The molecular formula is C42H80O6. The van der Waals surface area contributed by atoms with Crippen molar-refractivity contribution in [2.24, 2.45) is 5.92 Å². The lowest BCUT2D eigenvalue weighted by Gasteiger charge is -2.18. The first-order valence-corrected chi connectivity index (χ1v) is 20.9. The summed E-state index contributed by atoms with van der Waals surface area (Å²) in [5.74, 6) is -0.0197. The Balaban J connectivity index is 4.32. The summed E-state index contributed by atoms with van der Waals surface area (Å²) < 4.78 is 16.6. The van der Waals surface area contributed by atoms with Gasteiger partial charge < -0.3 is 14.2 Å². The maximum atomic E-state index is 12.6. The van der Waals surface area contributed by atoms with Crippen molar-refractivity contribution in [1.29, 1.82) is 0 Å². The molecule has 0 N–H and O–H groups in total.